The summed E-state index contributed by atoms with van der Waals surface area (Å²) in [5.41, 5.74) is 2.26. The zero-order chi connectivity index (χ0) is 21.7. The highest BCUT2D eigenvalue weighted by atomic mass is 32.1. The van der Waals surface area contributed by atoms with Gasteiger partial charge < -0.3 is 0 Å². The van der Waals surface area contributed by atoms with Gasteiger partial charge in [-0.15, -0.1) is 21.5 Å². The van der Waals surface area contributed by atoms with Gasteiger partial charge in [-0.05, 0) is 40.3 Å². The summed E-state index contributed by atoms with van der Waals surface area (Å²) in [5.74, 6) is -0.229. The van der Waals surface area contributed by atoms with E-state index >= 15 is 0 Å². The average Bonchev–Trinajstić information content (AvgIpc) is 3.51. The Hall–Kier alpha value is -4.04. The molecule has 0 unspecified atom stereocenters. The highest BCUT2D eigenvalue weighted by Crippen LogP contribution is 2.44. The Morgan fingerprint density at radius 2 is 1.28 bits per heavy atom. The molecule has 32 heavy (non-hydrogen) atoms. The fourth-order valence-corrected chi connectivity index (χ4v) is 5.01. The minimum atomic E-state index is -0.299. The molecule has 0 amide bonds. The lowest BCUT2D eigenvalue weighted by Crippen LogP contribution is -1.89. The van der Waals surface area contributed by atoms with Crippen LogP contribution in [0.15, 0.2) is 72.8 Å². The molecule has 0 fully saturated rings. The smallest absolute Gasteiger partial charge is 0.232 e. The second-order valence-electron chi connectivity index (χ2n) is 7.21. The number of fused-ring (bicyclic) bond motifs is 2. The first kappa shape index (κ1) is 18.7. The van der Waals surface area contributed by atoms with Gasteiger partial charge in [-0.1, -0.05) is 48.5 Å². The van der Waals surface area contributed by atoms with E-state index in [1.54, 1.807) is 36.4 Å². The summed E-state index contributed by atoms with van der Waals surface area (Å²) in [6, 6.07) is 21.0. The third-order valence-corrected chi connectivity index (χ3v) is 6.49. The van der Waals surface area contributed by atoms with Crippen LogP contribution in [0, 0.1) is 11.6 Å². The number of nitrogens with one attached hydrogen (secondary N) is 1. The maximum absolute atomic E-state index is 14.5. The molecule has 4 aromatic carbocycles. The van der Waals surface area contributed by atoms with E-state index < -0.39 is 0 Å². The summed E-state index contributed by atoms with van der Waals surface area (Å²) in [5, 5.41) is 17.3. The maximum atomic E-state index is 14.5. The van der Waals surface area contributed by atoms with E-state index in [2.05, 4.69) is 20.6 Å². The Morgan fingerprint density at radius 1 is 0.688 bits per heavy atom. The van der Waals surface area contributed by atoms with Crippen LogP contribution in [0.4, 0.5) is 8.78 Å². The Morgan fingerprint density at radius 3 is 1.91 bits per heavy atom. The molecule has 0 radical (unpaired) electrons. The summed E-state index contributed by atoms with van der Waals surface area (Å²) in [6.45, 7) is 0. The second-order valence-corrected chi connectivity index (χ2v) is 8.21. The van der Waals surface area contributed by atoms with Gasteiger partial charge in [0.1, 0.15) is 11.6 Å². The molecule has 1 N–H and O–H groups in total. The molecule has 0 saturated heterocycles. The lowest BCUT2D eigenvalue weighted by atomic mass is 9.97. The highest BCUT2D eigenvalue weighted by molar-refractivity contribution is 7.19. The SMILES string of the molecule is Fc1ccc(-c2nc(-c3nn[nH]n3)sc2-c2ccc(F)c3ccccc23)c2ccccc12. The van der Waals surface area contributed by atoms with Gasteiger partial charge in [-0.3, -0.25) is 0 Å². The number of benzene rings is 4. The Labute approximate surface area is 184 Å². The number of hydrogen-bond donors (Lipinski definition) is 1. The Kier molecular flexibility index (Phi) is 4.26. The van der Waals surface area contributed by atoms with Gasteiger partial charge >= 0.3 is 0 Å². The molecule has 0 aliphatic rings. The number of hydrogen-bond acceptors (Lipinski definition) is 5. The van der Waals surface area contributed by atoms with Gasteiger partial charge in [0.05, 0.1) is 10.6 Å². The van der Waals surface area contributed by atoms with Gasteiger partial charge in [0.2, 0.25) is 5.82 Å². The predicted octanol–water partition coefficient (Wildman–Crippen LogP) is 6.24. The van der Waals surface area contributed by atoms with Crippen LogP contribution >= 0.6 is 11.3 Å². The van der Waals surface area contributed by atoms with Crippen LogP contribution < -0.4 is 0 Å². The van der Waals surface area contributed by atoms with Crippen molar-refractivity contribution in [2.45, 2.75) is 0 Å². The first-order chi connectivity index (χ1) is 15.7. The number of H-pyrrole nitrogens is 1. The third-order valence-electron chi connectivity index (χ3n) is 5.41. The van der Waals surface area contributed by atoms with Crippen molar-refractivity contribution in [3.05, 3.63) is 84.4 Å². The minimum Gasteiger partial charge on any atom is -0.232 e. The molecular weight excluding hydrogens is 428 g/mol. The molecule has 5 nitrogen and oxygen atoms in total. The fourth-order valence-electron chi connectivity index (χ4n) is 3.96. The van der Waals surface area contributed by atoms with Gasteiger partial charge in [0.15, 0.2) is 5.01 Å². The van der Waals surface area contributed by atoms with Crippen LogP contribution in [0.25, 0.3) is 54.1 Å². The number of tetrazole rings is 1. The van der Waals surface area contributed by atoms with E-state index in [1.165, 1.54) is 23.5 Å². The third kappa shape index (κ3) is 2.88. The molecule has 2 heterocycles. The van der Waals surface area contributed by atoms with E-state index in [1.807, 2.05) is 24.3 Å². The molecule has 0 bridgehead atoms. The minimum absolute atomic E-state index is 0.291. The van der Waals surface area contributed by atoms with Crippen molar-refractivity contribution >= 4 is 32.9 Å². The van der Waals surface area contributed by atoms with Gasteiger partial charge in [-0.25, -0.2) is 13.8 Å². The van der Waals surface area contributed by atoms with Gasteiger partial charge in [-0.2, -0.15) is 5.21 Å². The van der Waals surface area contributed by atoms with Gasteiger partial charge in [0, 0.05) is 21.9 Å². The van der Waals surface area contributed by atoms with E-state index in [4.69, 9.17) is 4.98 Å². The number of nitrogens with zero attached hydrogens (tertiary/aromatic N) is 4. The molecule has 6 aromatic rings. The number of rotatable bonds is 3. The molecule has 0 spiro atoms. The highest BCUT2D eigenvalue weighted by Gasteiger charge is 2.22. The maximum Gasteiger partial charge on any atom is 0.233 e. The summed E-state index contributed by atoms with van der Waals surface area (Å²) in [4.78, 5) is 5.64. The number of thiazole rings is 1. The molecular formula is C24H13F2N5S. The van der Waals surface area contributed by atoms with E-state index in [0.29, 0.717) is 27.3 Å². The summed E-state index contributed by atoms with van der Waals surface area (Å²) in [6.07, 6.45) is 0. The predicted molar refractivity (Wildman–Crippen MR) is 121 cm³/mol. The zero-order valence-electron chi connectivity index (χ0n) is 16.4. The van der Waals surface area contributed by atoms with Crippen molar-refractivity contribution < 1.29 is 8.78 Å². The zero-order valence-corrected chi connectivity index (χ0v) is 17.2. The molecule has 0 atom stereocenters. The Bertz CT molecular complexity index is 1510. The molecule has 0 aliphatic heterocycles. The largest absolute Gasteiger partial charge is 0.233 e. The van der Waals surface area contributed by atoms with Crippen molar-refractivity contribution in [3.63, 3.8) is 0 Å². The van der Waals surface area contributed by atoms with Crippen LogP contribution in [0.2, 0.25) is 0 Å². The van der Waals surface area contributed by atoms with Gasteiger partial charge in [0.25, 0.3) is 0 Å². The lowest BCUT2D eigenvalue weighted by molar-refractivity contribution is 0.639. The Balaban J connectivity index is 1.70. The molecule has 6 rings (SSSR count). The monoisotopic (exact) mass is 441 g/mol. The van der Waals surface area contributed by atoms with Crippen LogP contribution in [-0.4, -0.2) is 25.6 Å². The van der Waals surface area contributed by atoms with Crippen LogP contribution in [0.1, 0.15) is 0 Å². The van der Waals surface area contributed by atoms with Crippen molar-refractivity contribution in [3.8, 4) is 32.5 Å². The summed E-state index contributed by atoms with van der Waals surface area (Å²) >= 11 is 1.39. The van der Waals surface area contributed by atoms with Crippen LogP contribution in [0.3, 0.4) is 0 Å². The van der Waals surface area contributed by atoms with E-state index in [9.17, 15) is 8.78 Å². The first-order valence-electron chi connectivity index (χ1n) is 9.80. The van der Waals surface area contributed by atoms with Crippen molar-refractivity contribution in [2.75, 3.05) is 0 Å². The van der Waals surface area contributed by atoms with Crippen LogP contribution in [-0.2, 0) is 0 Å². The molecule has 0 saturated carbocycles. The van der Waals surface area contributed by atoms with Crippen molar-refractivity contribution in [1.29, 1.82) is 0 Å². The molecule has 0 aliphatic carbocycles. The fraction of sp³-hybridized carbons (Fsp3) is 0. The number of aromatic nitrogens is 5. The lowest BCUT2D eigenvalue weighted by Gasteiger charge is -2.10. The standard InChI is InChI=1S/C24H13F2N5S/c25-19-11-9-17(13-5-1-3-7-15(13)19)21-22(32-24(27-21)23-28-30-31-29-23)18-10-12-20(26)16-8-4-2-6-14(16)18/h1-12H,(H,28,29,30,31). The van der Waals surface area contributed by atoms with E-state index in [-0.39, 0.29) is 11.6 Å². The molecule has 154 valence electrons. The quantitative estimate of drug-likeness (QED) is 0.353. The van der Waals surface area contributed by atoms with Crippen molar-refractivity contribution in [2.24, 2.45) is 0 Å². The van der Waals surface area contributed by atoms with Crippen LogP contribution in [0.5, 0.6) is 0 Å². The summed E-state index contributed by atoms with van der Waals surface area (Å²) < 4.78 is 29.0. The van der Waals surface area contributed by atoms with Crippen molar-refractivity contribution in [1.82, 2.24) is 25.6 Å². The molecule has 2 aromatic heterocycles. The second kappa shape index (κ2) is 7.28. The van der Waals surface area contributed by atoms with E-state index in [0.717, 1.165) is 26.8 Å². The normalized spacial score (nSPS) is 11.4. The summed E-state index contributed by atoms with van der Waals surface area (Å²) in [7, 11) is 0. The average molecular weight is 441 g/mol. The number of aromatic amines is 1. The first-order valence-corrected chi connectivity index (χ1v) is 10.6. The molecule has 8 heteroatoms. The number of halogens is 2. The topological polar surface area (TPSA) is 67.3 Å².